The molecule has 0 amide bonds. The minimum atomic E-state index is -3.49. The number of hydrogen-bond acceptors (Lipinski definition) is 3. The van der Waals surface area contributed by atoms with Crippen LogP contribution in [0.3, 0.4) is 0 Å². The molecule has 5 heteroatoms. The fourth-order valence-electron chi connectivity index (χ4n) is 2.57. The first-order chi connectivity index (χ1) is 8.94. The smallest absolute Gasteiger partial charge is 0.240 e. The van der Waals surface area contributed by atoms with Crippen molar-refractivity contribution < 1.29 is 13.5 Å². The van der Waals surface area contributed by atoms with Crippen LogP contribution in [0, 0.1) is 12.8 Å². The van der Waals surface area contributed by atoms with Crippen molar-refractivity contribution in [1.82, 2.24) is 4.72 Å². The zero-order valence-electron chi connectivity index (χ0n) is 11.4. The summed E-state index contributed by atoms with van der Waals surface area (Å²) in [6.07, 6.45) is 3.05. The summed E-state index contributed by atoms with van der Waals surface area (Å²) in [6, 6.07) is 4.91. The van der Waals surface area contributed by atoms with Gasteiger partial charge in [-0.15, -0.1) is 0 Å². The molecule has 19 heavy (non-hydrogen) atoms. The molecule has 106 valence electrons. The summed E-state index contributed by atoms with van der Waals surface area (Å²) in [6.45, 7) is 3.79. The molecule has 2 unspecified atom stereocenters. The molecule has 2 N–H and O–H groups in total. The average Bonchev–Trinajstić information content (AvgIpc) is 2.74. The van der Waals surface area contributed by atoms with Crippen LogP contribution in [0.1, 0.15) is 37.3 Å². The molecule has 1 aromatic carbocycles. The molecule has 1 aliphatic carbocycles. The second-order valence-corrected chi connectivity index (χ2v) is 7.10. The molecule has 0 aliphatic heterocycles. The molecular weight excluding hydrogens is 262 g/mol. The van der Waals surface area contributed by atoms with Crippen LogP contribution in [0.15, 0.2) is 23.1 Å². The summed E-state index contributed by atoms with van der Waals surface area (Å²) < 4.78 is 27.4. The lowest BCUT2D eigenvalue weighted by Crippen LogP contribution is -2.36. The van der Waals surface area contributed by atoms with Crippen molar-refractivity contribution in [3.8, 4) is 0 Å². The third-order valence-electron chi connectivity index (χ3n) is 3.97. The lowest BCUT2D eigenvalue weighted by atomic mass is 10.1. The van der Waals surface area contributed by atoms with E-state index in [1.807, 2.05) is 6.92 Å². The van der Waals surface area contributed by atoms with E-state index in [4.69, 9.17) is 0 Å². The quantitative estimate of drug-likeness (QED) is 0.887. The predicted octanol–water partition coefficient (Wildman–Crippen LogP) is 1.95. The number of rotatable bonds is 4. The van der Waals surface area contributed by atoms with Crippen LogP contribution in [0.4, 0.5) is 0 Å². The Morgan fingerprint density at radius 3 is 2.68 bits per heavy atom. The molecular formula is C14H21NO3S. The highest BCUT2D eigenvalue weighted by Gasteiger charge is 2.28. The number of benzene rings is 1. The normalized spacial score (nSPS) is 23.7. The topological polar surface area (TPSA) is 66.4 Å². The summed E-state index contributed by atoms with van der Waals surface area (Å²) in [7, 11) is -3.49. The van der Waals surface area contributed by atoms with Crippen molar-refractivity contribution in [3.63, 3.8) is 0 Å². The first-order valence-electron chi connectivity index (χ1n) is 6.67. The molecule has 0 radical (unpaired) electrons. The maximum absolute atomic E-state index is 12.3. The Hall–Kier alpha value is -0.910. The van der Waals surface area contributed by atoms with E-state index in [1.165, 1.54) is 0 Å². The van der Waals surface area contributed by atoms with Crippen LogP contribution in [0.2, 0.25) is 0 Å². The monoisotopic (exact) mass is 283 g/mol. The Morgan fingerprint density at radius 2 is 2.11 bits per heavy atom. The van der Waals surface area contributed by atoms with Crippen molar-refractivity contribution in [2.24, 2.45) is 5.92 Å². The molecule has 0 bridgehead atoms. The Morgan fingerprint density at radius 1 is 1.37 bits per heavy atom. The fourth-order valence-corrected chi connectivity index (χ4v) is 4.00. The number of aliphatic hydroxyl groups is 1. The molecule has 0 heterocycles. The van der Waals surface area contributed by atoms with Gasteiger partial charge in [-0.3, -0.25) is 0 Å². The first-order valence-corrected chi connectivity index (χ1v) is 8.15. The van der Waals surface area contributed by atoms with Crippen LogP contribution in [-0.4, -0.2) is 19.6 Å². The SMILES string of the molecule is Cc1ccc(S(=O)(=O)NC2CCCC2C)cc1CO. The summed E-state index contributed by atoms with van der Waals surface area (Å²) in [5.74, 6) is 0.387. The fraction of sp³-hybridized carbons (Fsp3) is 0.571. The number of sulfonamides is 1. The van der Waals surface area contributed by atoms with Crippen molar-refractivity contribution in [2.45, 2.75) is 50.7 Å². The van der Waals surface area contributed by atoms with E-state index in [0.717, 1.165) is 24.8 Å². The van der Waals surface area contributed by atoms with Crippen LogP contribution < -0.4 is 4.72 Å². The summed E-state index contributed by atoms with van der Waals surface area (Å²) in [5.41, 5.74) is 1.55. The number of aliphatic hydroxyl groups excluding tert-OH is 1. The van der Waals surface area contributed by atoms with E-state index in [0.29, 0.717) is 11.5 Å². The number of nitrogens with one attached hydrogen (secondary N) is 1. The molecule has 1 aromatic rings. The van der Waals surface area contributed by atoms with Crippen LogP contribution in [0.25, 0.3) is 0 Å². The number of hydrogen-bond donors (Lipinski definition) is 2. The van der Waals surface area contributed by atoms with E-state index in [-0.39, 0.29) is 17.5 Å². The van der Waals surface area contributed by atoms with Gasteiger partial charge in [0.1, 0.15) is 0 Å². The van der Waals surface area contributed by atoms with E-state index in [2.05, 4.69) is 11.6 Å². The summed E-state index contributed by atoms with van der Waals surface area (Å²) in [5, 5.41) is 9.22. The van der Waals surface area contributed by atoms with Gasteiger partial charge in [-0.05, 0) is 48.9 Å². The highest BCUT2D eigenvalue weighted by Crippen LogP contribution is 2.26. The van der Waals surface area contributed by atoms with E-state index in [9.17, 15) is 13.5 Å². The van der Waals surface area contributed by atoms with Crippen molar-refractivity contribution in [2.75, 3.05) is 0 Å². The molecule has 1 aliphatic rings. The molecule has 1 saturated carbocycles. The van der Waals surface area contributed by atoms with Gasteiger partial charge in [-0.25, -0.2) is 13.1 Å². The first kappa shape index (κ1) is 14.5. The zero-order chi connectivity index (χ0) is 14.0. The zero-order valence-corrected chi connectivity index (χ0v) is 12.2. The number of aryl methyl sites for hydroxylation is 1. The average molecular weight is 283 g/mol. The van der Waals surface area contributed by atoms with Crippen LogP contribution in [0.5, 0.6) is 0 Å². The summed E-state index contributed by atoms with van der Waals surface area (Å²) >= 11 is 0. The Balaban J connectivity index is 2.24. The minimum absolute atomic E-state index is 0.0314. The van der Waals surface area contributed by atoms with Gasteiger partial charge < -0.3 is 5.11 Å². The Bertz CT molecular complexity index is 554. The van der Waals surface area contributed by atoms with E-state index < -0.39 is 10.0 Å². The maximum atomic E-state index is 12.3. The van der Waals surface area contributed by atoms with Gasteiger partial charge in [0, 0.05) is 6.04 Å². The van der Waals surface area contributed by atoms with Gasteiger partial charge in [-0.2, -0.15) is 0 Å². The second kappa shape index (κ2) is 5.61. The molecule has 2 atom stereocenters. The molecule has 0 aromatic heterocycles. The van der Waals surface area contributed by atoms with Gasteiger partial charge in [0.05, 0.1) is 11.5 Å². The van der Waals surface area contributed by atoms with Gasteiger partial charge in [-0.1, -0.05) is 19.4 Å². The van der Waals surface area contributed by atoms with Gasteiger partial charge in [0.15, 0.2) is 0 Å². The molecule has 4 nitrogen and oxygen atoms in total. The molecule has 0 spiro atoms. The third-order valence-corrected chi connectivity index (χ3v) is 5.46. The largest absolute Gasteiger partial charge is 0.392 e. The standard InChI is InChI=1S/C14H21NO3S/c1-10-6-7-13(8-12(10)9-16)19(17,18)15-14-5-3-4-11(14)2/h6-8,11,14-16H,3-5,9H2,1-2H3. The van der Waals surface area contributed by atoms with Crippen molar-refractivity contribution in [3.05, 3.63) is 29.3 Å². The maximum Gasteiger partial charge on any atom is 0.240 e. The second-order valence-electron chi connectivity index (χ2n) is 5.38. The van der Waals surface area contributed by atoms with Crippen LogP contribution in [-0.2, 0) is 16.6 Å². The van der Waals surface area contributed by atoms with Gasteiger partial charge >= 0.3 is 0 Å². The van der Waals surface area contributed by atoms with E-state index in [1.54, 1.807) is 18.2 Å². The lowest BCUT2D eigenvalue weighted by molar-refractivity contribution is 0.280. The molecule has 2 rings (SSSR count). The van der Waals surface area contributed by atoms with Gasteiger partial charge in [0.2, 0.25) is 10.0 Å². The predicted molar refractivity (Wildman–Crippen MR) is 74.2 cm³/mol. The third kappa shape index (κ3) is 3.16. The molecule has 0 saturated heterocycles. The highest BCUT2D eigenvalue weighted by atomic mass is 32.2. The lowest BCUT2D eigenvalue weighted by Gasteiger charge is -2.18. The van der Waals surface area contributed by atoms with Crippen molar-refractivity contribution in [1.29, 1.82) is 0 Å². The van der Waals surface area contributed by atoms with E-state index >= 15 is 0 Å². The molecule has 1 fully saturated rings. The Labute approximate surface area is 114 Å². The summed E-state index contributed by atoms with van der Waals surface area (Å²) in [4.78, 5) is 0.237. The highest BCUT2D eigenvalue weighted by molar-refractivity contribution is 7.89. The minimum Gasteiger partial charge on any atom is -0.392 e. The van der Waals surface area contributed by atoms with Gasteiger partial charge in [0.25, 0.3) is 0 Å². The van der Waals surface area contributed by atoms with Crippen LogP contribution >= 0.6 is 0 Å². The van der Waals surface area contributed by atoms with Crippen molar-refractivity contribution >= 4 is 10.0 Å². The Kier molecular flexibility index (Phi) is 4.28.